The molecule has 0 atom stereocenters. The standard InChI is InChI=1S/C21H40N6.HI/c1-18(2)12-7-4-5-9-15-23-21(22-3)24-16-11-14-20-26-25-19-13-8-6-10-17-27(19)20;/h18H,4-17H2,1-3H3,(H2,22,23,24);1H. The summed E-state index contributed by atoms with van der Waals surface area (Å²) < 4.78 is 2.35. The molecule has 7 heteroatoms. The smallest absolute Gasteiger partial charge is 0.190 e. The van der Waals surface area contributed by atoms with E-state index in [9.17, 15) is 0 Å². The van der Waals surface area contributed by atoms with Crippen LogP contribution in [0.4, 0.5) is 0 Å². The third-order valence-corrected chi connectivity index (χ3v) is 5.28. The number of hydrogen-bond acceptors (Lipinski definition) is 3. The summed E-state index contributed by atoms with van der Waals surface area (Å²) in [7, 11) is 1.84. The second-order valence-corrected chi connectivity index (χ2v) is 8.12. The third-order valence-electron chi connectivity index (χ3n) is 5.28. The van der Waals surface area contributed by atoms with Gasteiger partial charge in [-0.05, 0) is 31.6 Å². The Balaban J connectivity index is 0.00000392. The van der Waals surface area contributed by atoms with Crippen molar-refractivity contribution in [3.8, 4) is 0 Å². The molecule has 0 unspecified atom stereocenters. The minimum Gasteiger partial charge on any atom is -0.356 e. The van der Waals surface area contributed by atoms with Gasteiger partial charge in [-0.25, -0.2) is 0 Å². The maximum atomic E-state index is 4.41. The molecule has 0 spiro atoms. The summed E-state index contributed by atoms with van der Waals surface area (Å²) in [4.78, 5) is 4.32. The number of fused-ring (bicyclic) bond motifs is 1. The molecule has 0 fully saturated rings. The van der Waals surface area contributed by atoms with Crippen LogP contribution in [0.5, 0.6) is 0 Å². The molecule has 2 heterocycles. The van der Waals surface area contributed by atoms with Gasteiger partial charge in [0.2, 0.25) is 0 Å². The predicted molar refractivity (Wildman–Crippen MR) is 129 cm³/mol. The average molecular weight is 505 g/mol. The first-order valence-electron chi connectivity index (χ1n) is 11.1. The summed E-state index contributed by atoms with van der Waals surface area (Å²) in [6.07, 6.45) is 13.5. The van der Waals surface area contributed by atoms with Gasteiger partial charge in [0.25, 0.3) is 0 Å². The summed E-state index contributed by atoms with van der Waals surface area (Å²) in [5.41, 5.74) is 0. The van der Waals surface area contributed by atoms with E-state index in [0.29, 0.717) is 0 Å². The molecular formula is C21H41IN6. The molecule has 2 rings (SSSR count). The molecule has 28 heavy (non-hydrogen) atoms. The Morgan fingerprint density at radius 2 is 1.75 bits per heavy atom. The number of aliphatic imine (C=N–C) groups is 1. The number of halogens is 1. The van der Waals surface area contributed by atoms with Crippen molar-refractivity contribution < 1.29 is 0 Å². The zero-order chi connectivity index (χ0) is 19.3. The average Bonchev–Trinajstić information content (AvgIpc) is 2.88. The Morgan fingerprint density at radius 1 is 1.00 bits per heavy atom. The van der Waals surface area contributed by atoms with Crippen LogP contribution in [-0.2, 0) is 19.4 Å². The highest BCUT2D eigenvalue weighted by Crippen LogP contribution is 2.15. The van der Waals surface area contributed by atoms with Gasteiger partial charge in [-0.2, -0.15) is 0 Å². The second-order valence-electron chi connectivity index (χ2n) is 8.12. The van der Waals surface area contributed by atoms with Crippen LogP contribution in [0.3, 0.4) is 0 Å². The van der Waals surface area contributed by atoms with Gasteiger partial charge in [0, 0.05) is 39.5 Å². The molecule has 1 aromatic heterocycles. The molecule has 2 N–H and O–H groups in total. The minimum absolute atomic E-state index is 0. The molecular weight excluding hydrogens is 463 g/mol. The lowest BCUT2D eigenvalue weighted by Crippen LogP contribution is -2.38. The Hall–Kier alpha value is -0.860. The van der Waals surface area contributed by atoms with Gasteiger partial charge in [0.15, 0.2) is 5.96 Å². The molecule has 162 valence electrons. The van der Waals surface area contributed by atoms with E-state index in [1.807, 2.05) is 7.05 Å². The fourth-order valence-electron chi connectivity index (χ4n) is 3.64. The Bertz CT molecular complexity index is 555. The molecule has 1 aromatic rings. The van der Waals surface area contributed by atoms with Gasteiger partial charge < -0.3 is 15.2 Å². The number of nitrogens with one attached hydrogen (secondary N) is 2. The minimum atomic E-state index is 0. The van der Waals surface area contributed by atoms with Gasteiger partial charge in [-0.3, -0.25) is 4.99 Å². The van der Waals surface area contributed by atoms with Crippen molar-refractivity contribution >= 4 is 29.9 Å². The Kier molecular flexibility index (Phi) is 13.5. The molecule has 0 bridgehead atoms. The first kappa shape index (κ1) is 25.2. The van der Waals surface area contributed by atoms with E-state index in [-0.39, 0.29) is 24.0 Å². The topological polar surface area (TPSA) is 67.1 Å². The first-order valence-corrected chi connectivity index (χ1v) is 11.1. The SMILES string of the molecule is CN=C(NCCCCCCC(C)C)NCCCc1nnc2n1CCCCC2.I. The molecule has 6 nitrogen and oxygen atoms in total. The zero-order valence-corrected chi connectivity index (χ0v) is 20.5. The van der Waals surface area contributed by atoms with Crippen molar-refractivity contribution in [2.24, 2.45) is 10.9 Å². The van der Waals surface area contributed by atoms with Gasteiger partial charge in [-0.15, -0.1) is 34.2 Å². The highest BCUT2D eigenvalue weighted by molar-refractivity contribution is 14.0. The van der Waals surface area contributed by atoms with Crippen molar-refractivity contribution in [2.45, 2.75) is 91.0 Å². The van der Waals surface area contributed by atoms with Crippen molar-refractivity contribution in [1.82, 2.24) is 25.4 Å². The number of hydrogen-bond donors (Lipinski definition) is 2. The van der Waals surface area contributed by atoms with E-state index in [4.69, 9.17) is 0 Å². The maximum Gasteiger partial charge on any atom is 0.190 e. The maximum absolute atomic E-state index is 4.41. The molecule has 0 aliphatic carbocycles. The molecule has 0 amide bonds. The number of nitrogens with zero attached hydrogens (tertiary/aromatic N) is 4. The fraction of sp³-hybridized carbons (Fsp3) is 0.857. The lowest BCUT2D eigenvalue weighted by atomic mass is 10.0. The molecule has 1 aliphatic rings. The van der Waals surface area contributed by atoms with Gasteiger partial charge in [0.1, 0.15) is 11.6 Å². The van der Waals surface area contributed by atoms with Crippen LogP contribution in [0.1, 0.15) is 83.3 Å². The third kappa shape index (κ3) is 9.56. The van der Waals surface area contributed by atoms with Crippen LogP contribution in [0, 0.1) is 5.92 Å². The zero-order valence-electron chi connectivity index (χ0n) is 18.2. The van der Waals surface area contributed by atoms with Crippen LogP contribution in [-0.4, -0.2) is 40.9 Å². The van der Waals surface area contributed by atoms with Crippen molar-refractivity contribution in [2.75, 3.05) is 20.1 Å². The molecule has 0 radical (unpaired) electrons. The van der Waals surface area contributed by atoms with Crippen LogP contribution < -0.4 is 10.6 Å². The van der Waals surface area contributed by atoms with Crippen LogP contribution in [0.15, 0.2) is 4.99 Å². The number of aromatic nitrogens is 3. The largest absolute Gasteiger partial charge is 0.356 e. The summed E-state index contributed by atoms with van der Waals surface area (Å²) in [6, 6.07) is 0. The monoisotopic (exact) mass is 504 g/mol. The summed E-state index contributed by atoms with van der Waals surface area (Å²) >= 11 is 0. The first-order chi connectivity index (χ1) is 13.2. The summed E-state index contributed by atoms with van der Waals surface area (Å²) in [5, 5.41) is 15.6. The van der Waals surface area contributed by atoms with Crippen molar-refractivity contribution in [3.63, 3.8) is 0 Å². The summed E-state index contributed by atoms with van der Waals surface area (Å²) in [6.45, 7) is 7.60. The van der Waals surface area contributed by atoms with Crippen LogP contribution >= 0.6 is 24.0 Å². The van der Waals surface area contributed by atoms with Gasteiger partial charge in [0.05, 0.1) is 0 Å². The van der Waals surface area contributed by atoms with E-state index < -0.39 is 0 Å². The molecule has 0 aromatic carbocycles. The lowest BCUT2D eigenvalue weighted by Gasteiger charge is -2.12. The van der Waals surface area contributed by atoms with Crippen LogP contribution in [0.25, 0.3) is 0 Å². The van der Waals surface area contributed by atoms with E-state index in [0.717, 1.165) is 56.6 Å². The number of rotatable bonds is 11. The van der Waals surface area contributed by atoms with E-state index >= 15 is 0 Å². The normalized spacial score (nSPS) is 14.4. The molecule has 0 saturated heterocycles. The predicted octanol–water partition coefficient (Wildman–Crippen LogP) is 4.33. The van der Waals surface area contributed by atoms with Crippen molar-refractivity contribution in [1.29, 1.82) is 0 Å². The number of unbranched alkanes of at least 4 members (excludes halogenated alkanes) is 3. The van der Waals surface area contributed by atoms with Crippen LogP contribution in [0.2, 0.25) is 0 Å². The van der Waals surface area contributed by atoms with Crippen molar-refractivity contribution in [3.05, 3.63) is 11.6 Å². The second kappa shape index (κ2) is 15.0. The fourth-order valence-corrected chi connectivity index (χ4v) is 3.64. The quantitative estimate of drug-likeness (QED) is 0.204. The highest BCUT2D eigenvalue weighted by atomic mass is 127. The Morgan fingerprint density at radius 3 is 2.50 bits per heavy atom. The van der Waals surface area contributed by atoms with E-state index in [2.05, 4.69) is 44.2 Å². The number of guanidine groups is 1. The summed E-state index contributed by atoms with van der Waals surface area (Å²) in [5.74, 6) is 4.08. The Labute approximate surface area is 188 Å². The highest BCUT2D eigenvalue weighted by Gasteiger charge is 2.14. The van der Waals surface area contributed by atoms with Gasteiger partial charge in [-0.1, -0.05) is 46.0 Å². The van der Waals surface area contributed by atoms with Gasteiger partial charge >= 0.3 is 0 Å². The number of aryl methyl sites for hydroxylation is 2. The molecule has 1 aliphatic heterocycles. The lowest BCUT2D eigenvalue weighted by molar-refractivity contribution is 0.518. The van der Waals surface area contributed by atoms with E-state index in [1.54, 1.807) is 0 Å². The molecule has 0 saturated carbocycles. The van der Waals surface area contributed by atoms with E-state index in [1.165, 1.54) is 57.2 Å².